The molecule has 0 radical (unpaired) electrons. The summed E-state index contributed by atoms with van der Waals surface area (Å²) in [7, 11) is 0. The fourth-order valence-electron chi connectivity index (χ4n) is 2.83. The lowest BCUT2D eigenvalue weighted by Gasteiger charge is -2.21. The number of nitrogens with one attached hydrogen (secondary N) is 2. The predicted molar refractivity (Wildman–Crippen MR) is 114 cm³/mol. The lowest BCUT2D eigenvalue weighted by atomic mass is 10.1. The molecule has 6 nitrogen and oxygen atoms in total. The third kappa shape index (κ3) is 4.64. The van der Waals surface area contributed by atoms with Crippen molar-refractivity contribution in [2.24, 2.45) is 5.92 Å². The molecule has 6 heteroatoms. The van der Waals surface area contributed by atoms with E-state index in [1.165, 1.54) is 11.1 Å². The van der Waals surface area contributed by atoms with Crippen LogP contribution in [0.1, 0.15) is 25.0 Å². The Bertz CT molecular complexity index is 927. The van der Waals surface area contributed by atoms with Gasteiger partial charge in [-0.25, -0.2) is 4.98 Å². The fraction of sp³-hybridized carbons (Fsp3) is 0.318. The molecule has 0 aliphatic heterocycles. The summed E-state index contributed by atoms with van der Waals surface area (Å²) in [4.78, 5) is 13.7. The van der Waals surface area contributed by atoms with Crippen LogP contribution in [-0.2, 0) is 0 Å². The molecule has 2 aromatic heterocycles. The Kier molecular flexibility index (Phi) is 6.21. The molecule has 1 aromatic carbocycles. The highest BCUT2D eigenvalue weighted by molar-refractivity contribution is 5.67. The van der Waals surface area contributed by atoms with E-state index in [9.17, 15) is 5.11 Å². The summed E-state index contributed by atoms with van der Waals surface area (Å²) in [6.45, 7) is 8.27. The van der Waals surface area contributed by atoms with Crippen molar-refractivity contribution in [3.05, 3.63) is 59.8 Å². The normalized spacial score (nSPS) is 12.1. The summed E-state index contributed by atoms with van der Waals surface area (Å²) >= 11 is 0. The van der Waals surface area contributed by atoms with Gasteiger partial charge in [0.25, 0.3) is 0 Å². The molecule has 0 bridgehead atoms. The molecule has 28 heavy (non-hydrogen) atoms. The molecular formula is C22H27N5O. The van der Waals surface area contributed by atoms with Crippen LogP contribution in [0.5, 0.6) is 0 Å². The maximum Gasteiger partial charge on any atom is 0.225 e. The SMILES string of the molecule is Cc1cccc(Nc2cc(-c3ccccn3)nc(N[C@@H](CO)C(C)C)n2)c1C. The van der Waals surface area contributed by atoms with E-state index in [2.05, 4.69) is 45.5 Å². The summed E-state index contributed by atoms with van der Waals surface area (Å²) in [6, 6.07) is 13.6. The van der Waals surface area contributed by atoms with Gasteiger partial charge in [-0.05, 0) is 49.1 Å². The number of hydrogen-bond donors (Lipinski definition) is 3. The van der Waals surface area contributed by atoms with Crippen LogP contribution < -0.4 is 10.6 Å². The van der Waals surface area contributed by atoms with Crippen molar-refractivity contribution in [2.45, 2.75) is 33.7 Å². The van der Waals surface area contributed by atoms with E-state index in [1.807, 2.05) is 50.2 Å². The van der Waals surface area contributed by atoms with Gasteiger partial charge in [0.1, 0.15) is 5.82 Å². The largest absolute Gasteiger partial charge is 0.394 e. The average molecular weight is 377 g/mol. The first kappa shape index (κ1) is 19.8. The van der Waals surface area contributed by atoms with Gasteiger partial charge in [0.15, 0.2) is 0 Å². The van der Waals surface area contributed by atoms with E-state index in [1.54, 1.807) is 6.20 Å². The van der Waals surface area contributed by atoms with Gasteiger partial charge in [0.2, 0.25) is 5.95 Å². The minimum absolute atomic E-state index is 0.00852. The second-order valence-corrected chi connectivity index (χ2v) is 7.23. The molecule has 0 saturated heterocycles. The molecule has 0 unspecified atom stereocenters. The monoisotopic (exact) mass is 377 g/mol. The van der Waals surface area contributed by atoms with Gasteiger partial charge in [-0.3, -0.25) is 4.98 Å². The van der Waals surface area contributed by atoms with Gasteiger partial charge in [-0.1, -0.05) is 32.0 Å². The topological polar surface area (TPSA) is 83.0 Å². The average Bonchev–Trinajstić information content (AvgIpc) is 2.70. The number of pyridine rings is 1. The van der Waals surface area contributed by atoms with E-state index >= 15 is 0 Å². The van der Waals surface area contributed by atoms with Gasteiger partial charge in [-0.2, -0.15) is 4.98 Å². The highest BCUT2D eigenvalue weighted by atomic mass is 16.3. The molecule has 0 spiro atoms. The van der Waals surface area contributed by atoms with Crippen LogP contribution in [0.15, 0.2) is 48.7 Å². The molecule has 0 amide bonds. The van der Waals surface area contributed by atoms with Crippen molar-refractivity contribution < 1.29 is 5.11 Å². The van der Waals surface area contributed by atoms with Gasteiger partial charge in [-0.15, -0.1) is 0 Å². The number of aromatic nitrogens is 3. The van der Waals surface area contributed by atoms with Crippen molar-refractivity contribution in [3.8, 4) is 11.4 Å². The third-order valence-corrected chi connectivity index (χ3v) is 4.84. The lowest BCUT2D eigenvalue weighted by molar-refractivity contribution is 0.248. The van der Waals surface area contributed by atoms with Crippen molar-refractivity contribution in [1.82, 2.24) is 15.0 Å². The van der Waals surface area contributed by atoms with E-state index < -0.39 is 0 Å². The zero-order valence-corrected chi connectivity index (χ0v) is 16.8. The second-order valence-electron chi connectivity index (χ2n) is 7.23. The van der Waals surface area contributed by atoms with E-state index in [-0.39, 0.29) is 18.6 Å². The van der Waals surface area contributed by atoms with Crippen molar-refractivity contribution >= 4 is 17.5 Å². The first-order chi connectivity index (χ1) is 13.5. The number of aliphatic hydroxyl groups excluding tert-OH is 1. The lowest BCUT2D eigenvalue weighted by Crippen LogP contribution is -2.30. The van der Waals surface area contributed by atoms with E-state index in [4.69, 9.17) is 0 Å². The Hall–Kier alpha value is -2.99. The smallest absolute Gasteiger partial charge is 0.225 e. The second kappa shape index (κ2) is 8.80. The Morgan fingerprint density at radius 2 is 1.82 bits per heavy atom. The molecule has 3 aromatic rings. The first-order valence-electron chi connectivity index (χ1n) is 9.49. The van der Waals surface area contributed by atoms with Gasteiger partial charge in [0, 0.05) is 18.0 Å². The van der Waals surface area contributed by atoms with Gasteiger partial charge < -0.3 is 15.7 Å². The molecule has 0 saturated carbocycles. The number of benzene rings is 1. The maximum atomic E-state index is 9.67. The molecule has 3 rings (SSSR count). The molecule has 1 atom stereocenters. The zero-order chi connectivity index (χ0) is 20.1. The van der Waals surface area contributed by atoms with Crippen LogP contribution >= 0.6 is 0 Å². The van der Waals surface area contributed by atoms with Crippen LogP contribution in [0, 0.1) is 19.8 Å². The van der Waals surface area contributed by atoms with E-state index in [0.717, 1.165) is 11.4 Å². The van der Waals surface area contributed by atoms with Crippen LogP contribution in [0.3, 0.4) is 0 Å². The van der Waals surface area contributed by atoms with Gasteiger partial charge >= 0.3 is 0 Å². The fourth-order valence-corrected chi connectivity index (χ4v) is 2.83. The standard InChI is InChI=1S/C22H27N5O/c1-14(2)20(13-28)26-22-25-19(18-9-5-6-11-23-18)12-21(27-22)24-17-10-7-8-15(3)16(17)4/h5-12,14,20,28H,13H2,1-4H3,(H2,24,25,26,27)/t20-/m0/s1. The highest BCUT2D eigenvalue weighted by Gasteiger charge is 2.15. The maximum absolute atomic E-state index is 9.67. The van der Waals surface area contributed by atoms with Crippen LogP contribution in [0.4, 0.5) is 17.5 Å². The quantitative estimate of drug-likeness (QED) is 0.568. The molecule has 146 valence electrons. The summed E-state index contributed by atoms with van der Waals surface area (Å²) in [6.07, 6.45) is 1.74. The predicted octanol–water partition coefficient (Wildman–Crippen LogP) is 4.33. The van der Waals surface area contributed by atoms with Crippen molar-refractivity contribution in [3.63, 3.8) is 0 Å². The van der Waals surface area contributed by atoms with Crippen LogP contribution in [0.25, 0.3) is 11.4 Å². The minimum atomic E-state index is -0.132. The molecule has 0 fully saturated rings. The molecule has 0 aliphatic carbocycles. The summed E-state index contributed by atoms with van der Waals surface area (Å²) < 4.78 is 0. The third-order valence-electron chi connectivity index (χ3n) is 4.84. The summed E-state index contributed by atoms with van der Waals surface area (Å²) in [5.74, 6) is 1.37. The number of hydrogen-bond acceptors (Lipinski definition) is 6. The minimum Gasteiger partial charge on any atom is -0.394 e. The van der Waals surface area contributed by atoms with Crippen LogP contribution in [-0.4, -0.2) is 32.7 Å². The Morgan fingerprint density at radius 3 is 2.50 bits per heavy atom. The van der Waals surface area contributed by atoms with Crippen molar-refractivity contribution in [2.75, 3.05) is 17.2 Å². The Balaban J connectivity index is 2.00. The number of nitrogens with zero attached hydrogens (tertiary/aromatic N) is 3. The molecule has 3 N–H and O–H groups in total. The molecule has 0 aliphatic rings. The summed E-state index contributed by atoms with van der Waals surface area (Å²) in [5.41, 5.74) is 4.86. The number of rotatable bonds is 7. The molecular weight excluding hydrogens is 350 g/mol. The van der Waals surface area contributed by atoms with Crippen LogP contribution in [0.2, 0.25) is 0 Å². The van der Waals surface area contributed by atoms with E-state index in [0.29, 0.717) is 17.5 Å². The number of aliphatic hydroxyl groups is 1. The Labute approximate surface area is 166 Å². The summed E-state index contributed by atoms with van der Waals surface area (Å²) in [5, 5.41) is 16.3. The first-order valence-corrected chi connectivity index (χ1v) is 9.49. The number of anilines is 3. The van der Waals surface area contributed by atoms with Gasteiger partial charge in [0.05, 0.1) is 24.0 Å². The highest BCUT2D eigenvalue weighted by Crippen LogP contribution is 2.25. The number of aryl methyl sites for hydroxylation is 1. The zero-order valence-electron chi connectivity index (χ0n) is 16.8. The Morgan fingerprint density at radius 1 is 1.00 bits per heavy atom. The van der Waals surface area contributed by atoms with Crippen molar-refractivity contribution in [1.29, 1.82) is 0 Å². The molecule has 2 heterocycles.